The van der Waals surface area contributed by atoms with Crippen LogP contribution in [0.2, 0.25) is 0 Å². The van der Waals surface area contributed by atoms with Crippen LogP contribution < -0.4 is 14.8 Å². The average molecular weight is 427 g/mol. The highest BCUT2D eigenvalue weighted by Gasteiger charge is 2.20. The van der Waals surface area contributed by atoms with Crippen molar-refractivity contribution in [3.63, 3.8) is 0 Å². The Kier molecular flexibility index (Phi) is 6.97. The van der Waals surface area contributed by atoms with Crippen LogP contribution in [0, 0.1) is 0 Å². The third kappa shape index (κ3) is 5.32. The smallest absolute Gasteiger partial charge is 0.312 e. The van der Waals surface area contributed by atoms with Gasteiger partial charge in [0.05, 0.1) is 32.0 Å². The molecule has 0 fully saturated rings. The molecule has 0 aliphatic rings. The van der Waals surface area contributed by atoms with Gasteiger partial charge in [0.25, 0.3) is 5.91 Å². The number of methoxy groups -OCH3 is 2. The van der Waals surface area contributed by atoms with Crippen molar-refractivity contribution in [2.24, 2.45) is 0 Å². The van der Waals surface area contributed by atoms with Crippen molar-refractivity contribution < 1.29 is 23.8 Å². The largest absolute Gasteiger partial charge is 0.493 e. The first-order chi connectivity index (χ1) is 14.5. The lowest BCUT2D eigenvalue weighted by molar-refractivity contribution is -0.152. The van der Waals surface area contributed by atoms with E-state index in [2.05, 4.69) is 15.3 Å². The molecule has 0 aliphatic heterocycles. The number of rotatable bonds is 8. The number of nitrogens with one attached hydrogen (secondary N) is 1. The van der Waals surface area contributed by atoms with E-state index in [1.165, 1.54) is 32.5 Å². The molecular formula is C21H21N3O5S. The summed E-state index contributed by atoms with van der Waals surface area (Å²) in [6.07, 6.45) is 0.681. The number of aromatic nitrogens is 2. The Balaban J connectivity index is 1.55. The number of esters is 1. The maximum absolute atomic E-state index is 12.4. The van der Waals surface area contributed by atoms with Gasteiger partial charge in [0.2, 0.25) is 0 Å². The summed E-state index contributed by atoms with van der Waals surface area (Å²) in [4.78, 5) is 33.2. The number of carbonyl (C=O) groups is 2. The van der Waals surface area contributed by atoms with Crippen LogP contribution in [-0.2, 0) is 20.7 Å². The van der Waals surface area contributed by atoms with Crippen molar-refractivity contribution in [1.82, 2.24) is 9.97 Å². The monoisotopic (exact) mass is 427 g/mol. The number of carbonyl (C=O) groups excluding carboxylic acids is 2. The highest BCUT2D eigenvalue weighted by Crippen LogP contribution is 2.29. The van der Waals surface area contributed by atoms with Crippen LogP contribution in [0.25, 0.3) is 10.7 Å². The fraction of sp³-hybridized carbons (Fsp3) is 0.238. The first-order valence-corrected chi connectivity index (χ1v) is 9.96. The zero-order valence-electron chi connectivity index (χ0n) is 16.7. The van der Waals surface area contributed by atoms with Gasteiger partial charge in [0.1, 0.15) is 5.01 Å². The van der Waals surface area contributed by atoms with Crippen LogP contribution in [0.15, 0.2) is 48.0 Å². The fourth-order valence-electron chi connectivity index (χ4n) is 2.59. The fourth-order valence-corrected chi connectivity index (χ4v) is 3.39. The first-order valence-electron chi connectivity index (χ1n) is 9.08. The summed E-state index contributed by atoms with van der Waals surface area (Å²) in [7, 11) is 3.03. The molecule has 0 unspecified atom stereocenters. The summed E-state index contributed by atoms with van der Waals surface area (Å²) in [5, 5.41) is 5.19. The van der Waals surface area contributed by atoms with E-state index in [9.17, 15) is 9.59 Å². The molecule has 0 aliphatic carbocycles. The Hall–Kier alpha value is -3.46. The lowest BCUT2D eigenvalue weighted by atomic mass is 10.2. The standard InChI is InChI=1S/C21H21N3O5S/c1-13(20(26)23-14-7-8-17(27-2)18(10-14)28-3)29-19(25)11-15-12-30-21(24-15)16-6-4-5-9-22-16/h4-10,12-13H,11H2,1-3H3,(H,23,26)/t13-/m0/s1. The molecule has 1 N–H and O–H groups in total. The molecule has 1 aromatic carbocycles. The van der Waals surface area contributed by atoms with Gasteiger partial charge < -0.3 is 19.5 Å². The predicted octanol–water partition coefficient (Wildman–Crippen LogP) is 3.34. The van der Waals surface area contributed by atoms with E-state index in [1.807, 2.05) is 18.2 Å². The molecule has 2 heterocycles. The van der Waals surface area contributed by atoms with Crippen LogP contribution in [-0.4, -0.2) is 42.2 Å². The Morgan fingerprint density at radius 3 is 2.63 bits per heavy atom. The highest BCUT2D eigenvalue weighted by atomic mass is 32.1. The van der Waals surface area contributed by atoms with Crippen molar-refractivity contribution in [2.75, 3.05) is 19.5 Å². The molecule has 1 amide bonds. The van der Waals surface area contributed by atoms with E-state index in [4.69, 9.17) is 14.2 Å². The second-order valence-electron chi connectivity index (χ2n) is 6.23. The van der Waals surface area contributed by atoms with Gasteiger partial charge in [-0.1, -0.05) is 6.07 Å². The number of amides is 1. The molecule has 8 nitrogen and oxygen atoms in total. The van der Waals surface area contributed by atoms with Crippen molar-refractivity contribution in [2.45, 2.75) is 19.4 Å². The molecule has 1 atom stereocenters. The SMILES string of the molecule is COc1ccc(NC(=O)[C@H](C)OC(=O)Cc2csc(-c3ccccn3)n2)cc1OC. The van der Waals surface area contributed by atoms with E-state index in [0.717, 1.165) is 10.7 Å². The summed E-state index contributed by atoms with van der Waals surface area (Å²) in [5.74, 6) is 0.0290. The molecule has 0 saturated heterocycles. The number of pyridine rings is 1. The lowest BCUT2D eigenvalue weighted by Gasteiger charge is -2.14. The molecule has 0 radical (unpaired) electrons. The normalized spacial score (nSPS) is 11.4. The van der Waals surface area contributed by atoms with Crippen LogP contribution in [0.4, 0.5) is 5.69 Å². The summed E-state index contributed by atoms with van der Waals surface area (Å²) in [6.45, 7) is 1.51. The third-order valence-corrected chi connectivity index (χ3v) is 5.00. The molecule has 3 rings (SSSR count). The maximum Gasteiger partial charge on any atom is 0.312 e. The molecule has 9 heteroatoms. The van der Waals surface area contributed by atoms with Gasteiger partial charge in [0.15, 0.2) is 17.6 Å². The zero-order chi connectivity index (χ0) is 21.5. The van der Waals surface area contributed by atoms with Crippen LogP contribution in [0.5, 0.6) is 11.5 Å². The number of nitrogens with zero attached hydrogens (tertiary/aromatic N) is 2. The minimum atomic E-state index is -0.973. The molecule has 0 bridgehead atoms. The Bertz CT molecular complexity index is 1020. The van der Waals surface area contributed by atoms with Gasteiger partial charge in [-0.15, -0.1) is 11.3 Å². The molecule has 0 spiro atoms. The highest BCUT2D eigenvalue weighted by molar-refractivity contribution is 7.13. The molecule has 0 saturated carbocycles. The maximum atomic E-state index is 12.4. The minimum Gasteiger partial charge on any atom is -0.493 e. The van der Waals surface area contributed by atoms with Gasteiger partial charge in [-0.25, -0.2) is 4.98 Å². The van der Waals surface area contributed by atoms with Gasteiger partial charge in [-0.3, -0.25) is 14.6 Å². The summed E-state index contributed by atoms with van der Waals surface area (Å²) in [5.41, 5.74) is 1.81. The van der Waals surface area contributed by atoms with Crippen molar-refractivity contribution in [1.29, 1.82) is 0 Å². The number of thiazole rings is 1. The summed E-state index contributed by atoms with van der Waals surface area (Å²) >= 11 is 1.40. The van der Waals surface area contributed by atoms with E-state index >= 15 is 0 Å². The van der Waals surface area contributed by atoms with Crippen molar-refractivity contribution in [3.8, 4) is 22.2 Å². The zero-order valence-corrected chi connectivity index (χ0v) is 17.6. The molecule has 156 valence electrons. The van der Waals surface area contributed by atoms with Gasteiger partial charge in [-0.2, -0.15) is 0 Å². The minimum absolute atomic E-state index is 0.0304. The average Bonchev–Trinajstić information content (AvgIpc) is 3.22. The Morgan fingerprint density at radius 2 is 1.93 bits per heavy atom. The van der Waals surface area contributed by atoms with Crippen molar-refractivity contribution >= 4 is 28.9 Å². The molecule has 3 aromatic rings. The second-order valence-corrected chi connectivity index (χ2v) is 7.08. The molecule has 30 heavy (non-hydrogen) atoms. The van der Waals surface area contributed by atoms with E-state index in [0.29, 0.717) is 22.9 Å². The molecule has 2 aromatic heterocycles. The Labute approximate surface area is 177 Å². The predicted molar refractivity (Wildman–Crippen MR) is 113 cm³/mol. The first kappa shape index (κ1) is 21.3. The van der Waals surface area contributed by atoms with E-state index in [-0.39, 0.29) is 6.42 Å². The summed E-state index contributed by atoms with van der Waals surface area (Å²) < 4.78 is 15.6. The van der Waals surface area contributed by atoms with Gasteiger partial charge in [-0.05, 0) is 31.2 Å². The van der Waals surface area contributed by atoms with Crippen molar-refractivity contribution in [3.05, 3.63) is 53.7 Å². The quantitative estimate of drug-likeness (QED) is 0.551. The van der Waals surface area contributed by atoms with E-state index in [1.54, 1.807) is 29.8 Å². The Morgan fingerprint density at radius 1 is 1.13 bits per heavy atom. The topological polar surface area (TPSA) is 99.6 Å². The number of hydrogen-bond donors (Lipinski definition) is 1. The number of hydrogen-bond acceptors (Lipinski definition) is 8. The van der Waals surface area contributed by atoms with E-state index < -0.39 is 18.0 Å². The van der Waals surface area contributed by atoms with Gasteiger partial charge >= 0.3 is 5.97 Å². The van der Waals surface area contributed by atoms with Crippen LogP contribution in [0.1, 0.15) is 12.6 Å². The van der Waals surface area contributed by atoms with Crippen LogP contribution in [0.3, 0.4) is 0 Å². The number of ether oxygens (including phenoxy) is 3. The van der Waals surface area contributed by atoms with Crippen LogP contribution >= 0.6 is 11.3 Å². The summed E-state index contributed by atoms with van der Waals surface area (Å²) in [6, 6.07) is 10.5. The number of anilines is 1. The second kappa shape index (κ2) is 9.84. The lowest BCUT2D eigenvalue weighted by Crippen LogP contribution is -2.30. The van der Waals surface area contributed by atoms with Gasteiger partial charge in [0, 0.05) is 23.3 Å². The third-order valence-electron chi connectivity index (χ3n) is 4.09. The molecular weight excluding hydrogens is 406 g/mol. The number of benzene rings is 1.